The van der Waals surface area contributed by atoms with Crippen molar-refractivity contribution >= 4 is 5.91 Å². The molecular formula is C18H20N4O2. The molecule has 1 aromatic carbocycles. The number of amides is 1. The van der Waals surface area contributed by atoms with Crippen molar-refractivity contribution in [3.8, 4) is 11.5 Å². The highest BCUT2D eigenvalue weighted by atomic mass is 16.3. The Morgan fingerprint density at radius 3 is 2.83 bits per heavy atom. The summed E-state index contributed by atoms with van der Waals surface area (Å²) in [5, 5.41) is 2.91. The smallest absolute Gasteiger partial charge is 0.242 e. The fraction of sp³-hybridized carbons (Fsp3) is 0.278. The minimum absolute atomic E-state index is 0.0461. The Bertz CT molecular complexity index is 791. The van der Waals surface area contributed by atoms with Crippen LogP contribution in [0, 0.1) is 6.92 Å². The van der Waals surface area contributed by atoms with E-state index >= 15 is 0 Å². The van der Waals surface area contributed by atoms with Crippen LogP contribution in [-0.4, -0.2) is 27.0 Å². The third-order valence-corrected chi connectivity index (χ3v) is 3.88. The zero-order valence-corrected chi connectivity index (χ0v) is 13.8. The number of aryl methyl sites for hydroxylation is 1. The van der Waals surface area contributed by atoms with Crippen LogP contribution in [0.3, 0.4) is 0 Å². The molecule has 0 bridgehead atoms. The van der Waals surface area contributed by atoms with Crippen LogP contribution in [0.2, 0.25) is 0 Å². The lowest BCUT2D eigenvalue weighted by Crippen LogP contribution is -2.32. The van der Waals surface area contributed by atoms with E-state index in [0.717, 1.165) is 11.3 Å². The highest BCUT2D eigenvalue weighted by Crippen LogP contribution is 2.19. The van der Waals surface area contributed by atoms with Crippen molar-refractivity contribution in [1.82, 2.24) is 19.9 Å². The standard InChI is InChI=1S/C18H20N4O2/c1-13-3-5-15(6-4-13)18-21-16(11-24-18)7-8-20-17(23)14(2)22-10-9-19-12-22/h3-6,9-12,14H,7-8H2,1-2H3,(H,20,23)/t14-/m1/s1. The summed E-state index contributed by atoms with van der Waals surface area (Å²) in [7, 11) is 0. The Kier molecular flexibility index (Phi) is 4.74. The molecule has 0 radical (unpaired) electrons. The predicted molar refractivity (Wildman–Crippen MR) is 90.3 cm³/mol. The van der Waals surface area contributed by atoms with E-state index in [1.165, 1.54) is 5.56 Å². The first-order valence-electron chi connectivity index (χ1n) is 7.90. The van der Waals surface area contributed by atoms with E-state index in [-0.39, 0.29) is 11.9 Å². The van der Waals surface area contributed by atoms with Gasteiger partial charge in [-0.25, -0.2) is 9.97 Å². The predicted octanol–water partition coefficient (Wildman–Crippen LogP) is 2.77. The number of nitrogens with zero attached hydrogens (tertiary/aromatic N) is 3. The van der Waals surface area contributed by atoms with E-state index in [4.69, 9.17) is 4.42 Å². The van der Waals surface area contributed by atoms with Crippen LogP contribution >= 0.6 is 0 Å². The Balaban J connectivity index is 1.52. The summed E-state index contributed by atoms with van der Waals surface area (Å²) in [6, 6.07) is 7.74. The summed E-state index contributed by atoms with van der Waals surface area (Å²) in [4.78, 5) is 20.5. The van der Waals surface area contributed by atoms with Crippen molar-refractivity contribution < 1.29 is 9.21 Å². The minimum atomic E-state index is -0.284. The number of carbonyl (C=O) groups excluding carboxylic acids is 1. The van der Waals surface area contributed by atoms with Gasteiger partial charge in [-0.05, 0) is 26.0 Å². The zero-order chi connectivity index (χ0) is 16.9. The lowest BCUT2D eigenvalue weighted by Gasteiger charge is -2.12. The first-order chi connectivity index (χ1) is 11.6. The molecule has 24 heavy (non-hydrogen) atoms. The molecule has 1 amide bonds. The highest BCUT2D eigenvalue weighted by molar-refractivity contribution is 5.79. The largest absolute Gasteiger partial charge is 0.444 e. The average molecular weight is 324 g/mol. The summed E-state index contributed by atoms with van der Waals surface area (Å²) in [5.74, 6) is 0.554. The van der Waals surface area contributed by atoms with Gasteiger partial charge in [-0.15, -0.1) is 0 Å². The average Bonchev–Trinajstić information content (AvgIpc) is 3.26. The highest BCUT2D eigenvalue weighted by Gasteiger charge is 2.14. The van der Waals surface area contributed by atoms with Crippen LogP contribution in [0.25, 0.3) is 11.5 Å². The summed E-state index contributed by atoms with van der Waals surface area (Å²) in [5.41, 5.74) is 2.96. The monoisotopic (exact) mass is 324 g/mol. The second-order valence-electron chi connectivity index (χ2n) is 5.74. The molecule has 3 rings (SSSR count). The van der Waals surface area contributed by atoms with E-state index in [1.54, 1.807) is 29.6 Å². The van der Waals surface area contributed by atoms with E-state index in [9.17, 15) is 4.79 Å². The Morgan fingerprint density at radius 2 is 2.12 bits per heavy atom. The van der Waals surface area contributed by atoms with Crippen LogP contribution in [0.15, 0.2) is 53.7 Å². The molecule has 0 unspecified atom stereocenters. The Morgan fingerprint density at radius 1 is 1.33 bits per heavy atom. The van der Waals surface area contributed by atoms with Crippen LogP contribution in [-0.2, 0) is 11.2 Å². The van der Waals surface area contributed by atoms with Crippen molar-refractivity contribution in [2.45, 2.75) is 26.3 Å². The number of hydrogen-bond donors (Lipinski definition) is 1. The van der Waals surface area contributed by atoms with Gasteiger partial charge in [0, 0.05) is 30.9 Å². The number of hydrogen-bond acceptors (Lipinski definition) is 4. The minimum Gasteiger partial charge on any atom is -0.444 e. The summed E-state index contributed by atoms with van der Waals surface area (Å²) < 4.78 is 7.28. The molecule has 0 aliphatic rings. The van der Waals surface area contributed by atoms with E-state index in [0.29, 0.717) is 18.9 Å². The molecule has 1 atom stereocenters. The van der Waals surface area contributed by atoms with Crippen LogP contribution < -0.4 is 5.32 Å². The van der Waals surface area contributed by atoms with Gasteiger partial charge in [-0.1, -0.05) is 17.7 Å². The van der Waals surface area contributed by atoms with Crippen molar-refractivity contribution in [2.24, 2.45) is 0 Å². The number of benzene rings is 1. The summed E-state index contributed by atoms with van der Waals surface area (Å²) in [6.07, 6.45) is 7.33. The zero-order valence-electron chi connectivity index (χ0n) is 13.8. The maximum atomic E-state index is 12.1. The SMILES string of the molecule is Cc1ccc(-c2nc(CCNC(=O)[C@@H](C)n3ccnc3)co2)cc1. The molecule has 0 saturated carbocycles. The van der Waals surface area contributed by atoms with Gasteiger partial charge in [-0.3, -0.25) is 4.79 Å². The normalized spacial score (nSPS) is 12.1. The number of aromatic nitrogens is 3. The fourth-order valence-corrected chi connectivity index (χ4v) is 2.35. The van der Waals surface area contributed by atoms with Gasteiger partial charge < -0.3 is 14.3 Å². The number of nitrogens with one attached hydrogen (secondary N) is 1. The fourth-order valence-electron chi connectivity index (χ4n) is 2.35. The Hall–Kier alpha value is -2.89. The first-order valence-corrected chi connectivity index (χ1v) is 7.90. The molecule has 0 aliphatic carbocycles. The number of imidazole rings is 1. The van der Waals surface area contributed by atoms with Gasteiger partial charge in [0.15, 0.2) is 0 Å². The van der Waals surface area contributed by atoms with Gasteiger partial charge in [0.25, 0.3) is 0 Å². The molecule has 3 aromatic rings. The number of oxazole rings is 1. The Labute approximate surface area is 140 Å². The van der Waals surface area contributed by atoms with Crippen molar-refractivity contribution in [3.63, 3.8) is 0 Å². The third-order valence-electron chi connectivity index (χ3n) is 3.88. The quantitative estimate of drug-likeness (QED) is 0.757. The van der Waals surface area contributed by atoms with E-state index in [2.05, 4.69) is 15.3 Å². The molecule has 0 saturated heterocycles. The van der Waals surface area contributed by atoms with Crippen LogP contribution in [0.5, 0.6) is 0 Å². The van der Waals surface area contributed by atoms with Gasteiger partial charge in [0.2, 0.25) is 11.8 Å². The molecule has 0 fully saturated rings. The van der Waals surface area contributed by atoms with Crippen LogP contribution in [0.1, 0.15) is 24.2 Å². The molecule has 0 spiro atoms. The van der Waals surface area contributed by atoms with Crippen molar-refractivity contribution in [2.75, 3.05) is 6.54 Å². The molecule has 1 N–H and O–H groups in total. The molecule has 2 heterocycles. The second-order valence-corrected chi connectivity index (χ2v) is 5.74. The molecule has 6 nitrogen and oxygen atoms in total. The lowest BCUT2D eigenvalue weighted by molar-refractivity contribution is -0.123. The van der Waals surface area contributed by atoms with Gasteiger partial charge in [0.1, 0.15) is 12.3 Å². The van der Waals surface area contributed by atoms with E-state index < -0.39 is 0 Å². The molecular weight excluding hydrogens is 304 g/mol. The third kappa shape index (κ3) is 3.71. The van der Waals surface area contributed by atoms with Crippen LogP contribution in [0.4, 0.5) is 0 Å². The summed E-state index contributed by atoms with van der Waals surface area (Å²) in [6.45, 7) is 4.39. The van der Waals surface area contributed by atoms with Crippen molar-refractivity contribution in [3.05, 3.63) is 60.5 Å². The molecule has 6 heteroatoms. The number of carbonyl (C=O) groups is 1. The first kappa shape index (κ1) is 16.0. The summed E-state index contributed by atoms with van der Waals surface area (Å²) >= 11 is 0. The maximum absolute atomic E-state index is 12.1. The lowest BCUT2D eigenvalue weighted by atomic mass is 10.1. The maximum Gasteiger partial charge on any atom is 0.242 e. The second kappa shape index (κ2) is 7.12. The van der Waals surface area contributed by atoms with Gasteiger partial charge in [-0.2, -0.15) is 0 Å². The topological polar surface area (TPSA) is 73.0 Å². The van der Waals surface area contributed by atoms with Gasteiger partial charge >= 0.3 is 0 Å². The van der Waals surface area contributed by atoms with Crippen molar-refractivity contribution in [1.29, 1.82) is 0 Å². The van der Waals surface area contributed by atoms with E-state index in [1.807, 2.05) is 38.1 Å². The molecule has 2 aromatic heterocycles. The molecule has 124 valence electrons. The number of rotatable bonds is 6. The van der Waals surface area contributed by atoms with Gasteiger partial charge in [0.05, 0.1) is 12.0 Å². The molecule has 0 aliphatic heterocycles.